The van der Waals surface area contributed by atoms with Crippen LogP contribution in [0, 0.1) is 13.8 Å². The predicted molar refractivity (Wildman–Crippen MR) is 79.8 cm³/mol. The van der Waals surface area contributed by atoms with Crippen LogP contribution in [0.3, 0.4) is 0 Å². The molecule has 0 aliphatic heterocycles. The largest absolute Gasteiger partial charge is 0.460 e. The minimum Gasteiger partial charge on any atom is -0.460 e. The van der Waals surface area contributed by atoms with E-state index in [1.807, 2.05) is 0 Å². The number of esters is 1. The summed E-state index contributed by atoms with van der Waals surface area (Å²) in [5.74, 6) is -0.597. The number of benzene rings is 1. The number of nitrogens with zero attached hydrogens (tertiary/aromatic N) is 2. The molecule has 2 N–H and O–H groups in total. The summed E-state index contributed by atoms with van der Waals surface area (Å²) in [4.78, 5) is 12.0. The monoisotopic (exact) mass is 323 g/mol. The molecule has 2 rings (SSSR count). The van der Waals surface area contributed by atoms with Crippen LogP contribution < -0.4 is 5.14 Å². The first kappa shape index (κ1) is 16.2. The van der Waals surface area contributed by atoms with E-state index >= 15 is 0 Å². The van der Waals surface area contributed by atoms with Crippen molar-refractivity contribution in [1.29, 1.82) is 0 Å². The quantitative estimate of drug-likeness (QED) is 0.827. The van der Waals surface area contributed by atoms with Gasteiger partial charge in [-0.2, -0.15) is 5.10 Å². The molecule has 0 saturated heterocycles. The van der Waals surface area contributed by atoms with Crippen LogP contribution in [0.1, 0.15) is 21.5 Å². The Hall–Kier alpha value is -2.19. The molecule has 0 unspecified atom stereocenters. The first-order valence-electron chi connectivity index (χ1n) is 6.57. The Morgan fingerprint density at radius 2 is 2.09 bits per heavy atom. The zero-order chi connectivity index (χ0) is 16.3. The van der Waals surface area contributed by atoms with Crippen molar-refractivity contribution < 1.29 is 17.9 Å². The molecule has 1 aromatic carbocycles. The van der Waals surface area contributed by atoms with Crippen LogP contribution in [0.15, 0.2) is 35.5 Å². The fourth-order valence-corrected chi connectivity index (χ4v) is 2.87. The Morgan fingerprint density at radius 3 is 2.68 bits per heavy atom. The highest BCUT2D eigenvalue weighted by Crippen LogP contribution is 2.20. The van der Waals surface area contributed by atoms with Gasteiger partial charge in [0.2, 0.25) is 10.0 Å². The zero-order valence-corrected chi connectivity index (χ0v) is 13.1. The minimum atomic E-state index is -3.89. The lowest BCUT2D eigenvalue weighted by Gasteiger charge is -2.10. The van der Waals surface area contributed by atoms with Crippen molar-refractivity contribution in [3.05, 3.63) is 47.3 Å². The fourth-order valence-electron chi connectivity index (χ4n) is 1.99. The van der Waals surface area contributed by atoms with E-state index < -0.39 is 16.0 Å². The second kappa shape index (κ2) is 6.29. The lowest BCUT2D eigenvalue weighted by Crippen LogP contribution is -2.17. The number of sulfonamides is 1. The smallest absolute Gasteiger partial charge is 0.338 e. The maximum absolute atomic E-state index is 12.0. The molecule has 118 valence electrons. The van der Waals surface area contributed by atoms with Crippen LogP contribution in [0.4, 0.5) is 0 Å². The number of aryl methyl sites for hydroxylation is 1. The van der Waals surface area contributed by atoms with Gasteiger partial charge in [-0.05, 0) is 43.2 Å². The number of carbonyl (C=O) groups excluding carboxylic acids is 1. The van der Waals surface area contributed by atoms with Gasteiger partial charge in [0.25, 0.3) is 0 Å². The van der Waals surface area contributed by atoms with E-state index in [2.05, 4.69) is 5.10 Å². The molecule has 2 aromatic rings. The van der Waals surface area contributed by atoms with Crippen LogP contribution in [0.2, 0.25) is 0 Å². The van der Waals surface area contributed by atoms with Crippen LogP contribution in [0.25, 0.3) is 0 Å². The van der Waals surface area contributed by atoms with Gasteiger partial charge < -0.3 is 4.74 Å². The maximum atomic E-state index is 12.0. The Balaban J connectivity index is 2.14. The van der Waals surface area contributed by atoms with E-state index in [4.69, 9.17) is 9.88 Å². The van der Waals surface area contributed by atoms with Gasteiger partial charge in [0.05, 0.1) is 17.0 Å². The molecule has 1 aromatic heterocycles. The number of ether oxygens (including phenoxy) is 1. The molecule has 0 aliphatic rings. The van der Waals surface area contributed by atoms with E-state index in [1.54, 1.807) is 43.1 Å². The minimum absolute atomic E-state index is 0.0634. The van der Waals surface area contributed by atoms with Gasteiger partial charge in [-0.15, -0.1) is 0 Å². The number of nitrogens with two attached hydrogens (primary N) is 1. The van der Waals surface area contributed by atoms with Crippen molar-refractivity contribution in [2.75, 3.05) is 6.61 Å². The Kier molecular flexibility index (Phi) is 4.62. The summed E-state index contributed by atoms with van der Waals surface area (Å²) in [5, 5.41) is 9.16. The third kappa shape index (κ3) is 3.71. The summed E-state index contributed by atoms with van der Waals surface area (Å²) in [5.41, 5.74) is 1.34. The van der Waals surface area contributed by atoms with Crippen LogP contribution in [-0.4, -0.2) is 30.8 Å². The average Bonchev–Trinajstić information content (AvgIpc) is 2.93. The van der Waals surface area contributed by atoms with Crippen molar-refractivity contribution >= 4 is 16.0 Å². The molecule has 8 heteroatoms. The summed E-state index contributed by atoms with van der Waals surface area (Å²) in [7, 11) is -3.89. The predicted octanol–water partition coefficient (Wildman–Crippen LogP) is 1.00. The van der Waals surface area contributed by atoms with E-state index in [0.717, 1.165) is 0 Å². The summed E-state index contributed by atoms with van der Waals surface area (Å²) in [6, 6.07) is 4.59. The zero-order valence-electron chi connectivity index (χ0n) is 12.3. The third-order valence-corrected chi connectivity index (χ3v) is 4.31. The third-order valence-electron chi connectivity index (χ3n) is 3.27. The van der Waals surface area contributed by atoms with Gasteiger partial charge in [0, 0.05) is 12.4 Å². The molecule has 1 heterocycles. The van der Waals surface area contributed by atoms with Crippen molar-refractivity contribution in [3.8, 4) is 0 Å². The highest BCUT2D eigenvalue weighted by atomic mass is 32.2. The standard InChI is InChI=1S/C14H17N3O4S/c1-10-8-12(9-13(11(10)2)22(15,19)20)14(18)21-7-6-17-5-3-4-16-17/h3-5,8-9H,6-7H2,1-2H3,(H2,15,19,20). The van der Waals surface area contributed by atoms with Crippen LogP contribution >= 0.6 is 0 Å². The second-order valence-electron chi connectivity index (χ2n) is 4.87. The first-order chi connectivity index (χ1) is 10.3. The molecule has 0 aliphatic carbocycles. The van der Waals surface area contributed by atoms with E-state index in [1.165, 1.54) is 6.07 Å². The van der Waals surface area contributed by atoms with Gasteiger partial charge in [-0.3, -0.25) is 4.68 Å². The Labute approximate surface area is 128 Å². The molecule has 0 atom stereocenters. The van der Waals surface area contributed by atoms with E-state index in [9.17, 15) is 13.2 Å². The lowest BCUT2D eigenvalue weighted by atomic mass is 10.1. The molecule has 0 spiro atoms. The highest BCUT2D eigenvalue weighted by molar-refractivity contribution is 7.89. The molecule has 0 radical (unpaired) electrons. The van der Waals surface area contributed by atoms with Crippen LogP contribution in [0.5, 0.6) is 0 Å². The van der Waals surface area contributed by atoms with Gasteiger partial charge in [0.15, 0.2) is 0 Å². The fraction of sp³-hybridized carbons (Fsp3) is 0.286. The van der Waals surface area contributed by atoms with E-state index in [0.29, 0.717) is 17.7 Å². The number of rotatable bonds is 5. The SMILES string of the molecule is Cc1cc(C(=O)OCCn2cccn2)cc(S(N)(=O)=O)c1C. The van der Waals surface area contributed by atoms with Crippen molar-refractivity contribution in [2.45, 2.75) is 25.3 Å². The van der Waals surface area contributed by atoms with Crippen molar-refractivity contribution in [1.82, 2.24) is 9.78 Å². The molecule has 22 heavy (non-hydrogen) atoms. The average molecular weight is 323 g/mol. The van der Waals surface area contributed by atoms with Gasteiger partial charge >= 0.3 is 5.97 Å². The maximum Gasteiger partial charge on any atom is 0.338 e. The highest BCUT2D eigenvalue weighted by Gasteiger charge is 2.18. The molecular formula is C14H17N3O4S. The lowest BCUT2D eigenvalue weighted by molar-refractivity contribution is 0.0487. The summed E-state index contributed by atoms with van der Waals surface area (Å²) < 4.78 is 29.9. The molecule has 0 bridgehead atoms. The molecule has 0 amide bonds. The first-order valence-corrected chi connectivity index (χ1v) is 8.12. The number of carbonyl (C=O) groups is 1. The topological polar surface area (TPSA) is 104 Å². The van der Waals surface area contributed by atoms with Crippen molar-refractivity contribution in [2.24, 2.45) is 5.14 Å². The number of hydrogen-bond acceptors (Lipinski definition) is 5. The van der Waals surface area contributed by atoms with Gasteiger partial charge in [-0.25, -0.2) is 18.4 Å². The number of primary sulfonamides is 1. The van der Waals surface area contributed by atoms with Crippen molar-refractivity contribution in [3.63, 3.8) is 0 Å². The normalized spacial score (nSPS) is 11.4. The summed E-state index contributed by atoms with van der Waals surface area (Å²) in [6.45, 7) is 3.91. The van der Waals surface area contributed by atoms with Gasteiger partial charge in [-0.1, -0.05) is 0 Å². The van der Waals surface area contributed by atoms with E-state index in [-0.39, 0.29) is 17.1 Å². The van der Waals surface area contributed by atoms with Gasteiger partial charge in [0.1, 0.15) is 6.61 Å². The number of hydrogen-bond donors (Lipinski definition) is 1. The molecule has 7 nitrogen and oxygen atoms in total. The van der Waals surface area contributed by atoms with Crippen LogP contribution in [-0.2, 0) is 21.3 Å². The molecule has 0 fully saturated rings. The number of aromatic nitrogens is 2. The molecule has 0 saturated carbocycles. The Morgan fingerprint density at radius 1 is 1.36 bits per heavy atom. The summed E-state index contributed by atoms with van der Waals surface area (Å²) in [6.07, 6.45) is 3.38. The summed E-state index contributed by atoms with van der Waals surface area (Å²) >= 11 is 0. The second-order valence-corrected chi connectivity index (χ2v) is 6.40. The Bertz CT molecular complexity index is 783. The molecular weight excluding hydrogens is 306 g/mol.